The predicted molar refractivity (Wildman–Crippen MR) is 69.0 cm³/mol. The van der Waals surface area contributed by atoms with Gasteiger partial charge in [0, 0.05) is 32.9 Å². The Bertz CT molecular complexity index is 289. The third kappa shape index (κ3) is 8.81. The van der Waals surface area contributed by atoms with E-state index in [1.807, 2.05) is 0 Å². The van der Waals surface area contributed by atoms with Crippen LogP contribution in [0.3, 0.4) is 0 Å². The summed E-state index contributed by atoms with van der Waals surface area (Å²) in [5.74, 6) is -0.892. The molecule has 0 amide bonds. The molecule has 5 nitrogen and oxygen atoms in total. The molecule has 0 radical (unpaired) electrons. The molecule has 0 aliphatic rings. The number of aliphatic hydroxyl groups excluding tert-OH is 1. The summed E-state index contributed by atoms with van der Waals surface area (Å²) in [6.07, 6.45) is 1.80. The Morgan fingerprint density at radius 1 is 1.18 bits per heavy atom. The van der Waals surface area contributed by atoms with Gasteiger partial charge in [0.15, 0.2) is 5.05 Å². The van der Waals surface area contributed by atoms with Crippen molar-refractivity contribution in [3.63, 3.8) is 0 Å². The molecule has 0 unspecified atom stereocenters. The van der Waals surface area contributed by atoms with E-state index in [0.717, 1.165) is 0 Å². The zero-order valence-corrected chi connectivity index (χ0v) is 12.1. The third-order valence-corrected chi connectivity index (χ3v) is 4.90. The van der Waals surface area contributed by atoms with E-state index < -0.39 is 20.5 Å². The van der Waals surface area contributed by atoms with Gasteiger partial charge in [-0.05, 0) is 25.1 Å². The van der Waals surface area contributed by atoms with Crippen molar-refractivity contribution in [1.82, 2.24) is 0 Å². The molecule has 1 N–H and O–H groups in total. The van der Waals surface area contributed by atoms with E-state index in [9.17, 15) is 9.59 Å². The van der Waals surface area contributed by atoms with Gasteiger partial charge in [-0.25, -0.2) is 0 Å². The molecule has 0 spiro atoms. The number of carbonyl (C=O) groups is 2. The number of rotatable bonds is 7. The molecule has 0 aromatic carbocycles. The van der Waals surface area contributed by atoms with Crippen LogP contribution < -0.4 is 0 Å². The maximum atomic E-state index is 10.9. The van der Waals surface area contributed by atoms with Gasteiger partial charge in [0.1, 0.15) is 0 Å². The summed E-state index contributed by atoms with van der Waals surface area (Å²) in [6, 6.07) is 0.509. The molecule has 0 saturated heterocycles. The molecule has 0 aliphatic heterocycles. The Balaban J connectivity index is 4.23. The second kappa shape index (κ2) is 7.39. The number of hydrogen-bond acceptors (Lipinski definition) is 5. The second-order valence-corrected chi connectivity index (χ2v) is 7.57. The van der Waals surface area contributed by atoms with Crippen molar-refractivity contribution in [1.29, 1.82) is 0 Å². The molecule has 17 heavy (non-hydrogen) atoms. The van der Waals surface area contributed by atoms with E-state index in [1.165, 1.54) is 13.8 Å². The maximum Gasteiger partial charge on any atom is 0.461 e. The molecule has 0 heterocycles. The standard InChI is InChI=1S/C10H18O5SSi/c1-8(11)14-17(3,15-9(2)12)7-5-4-6-10(13)16/h4-7H2,1-3H3,(H,13,16). The van der Waals surface area contributed by atoms with Crippen LogP contribution in [0.1, 0.15) is 33.1 Å². The van der Waals surface area contributed by atoms with Crippen LogP contribution in [0.2, 0.25) is 12.6 Å². The second-order valence-electron chi connectivity index (χ2n) is 3.92. The van der Waals surface area contributed by atoms with Crippen LogP contribution >= 0.6 is 12.2 Å². The number of carbonyl (C=O) groups excluding carboxylic acids is 2. The van der Waals surface area contributed by atoms with Gasteiger partial charge in [0.2, 0.25) is 0 Å². The predicted octanol–water partition coefficient (Wildman–Crippen LogP) is 2.24. The van der Waals surface area contributed by atoms with Crippen molar-refractivity contribution in [2.45, 2.75) is 45.7 Å². The summed E-state index contributed by atoms with van der Waals surface area (Å²) in [4.78, 5) is 21.9. The Kier molecular flexibility index (Phi) is 6.97. The van der Waals surface area contributed by atoms with Crippen LogP contribution in [0.15, 0.2) is 0 Å². The highest BCUT2D eigenvalue weighted by molar-refractivity contribution is 7.80. The maximum absolute atomic E-state index is 10.9. The first kappa shape index (κ1) is 16.0. The van der Waals surface area contributed by atoms with Crippen LogP contribution in [0.5, 0.6) is 0 Å². The van der Waals surface area contributed by atoms with Crippen molar-refractivity contribution >= 4 is 37.8 Å². The van der Waals surface area contributed by atoms with Gasteiger partial charge in [-0.2, -0.15) is 0 Å². The number of hydrogen-bond donors (Lipinski definition) is 1. The number of unbranched alkanes of at least 4 members (excludes halogenated alkanes) is 1. The van der Waals surface area contributed by atoms with E-state index >= 15 is 0 Å². The van der Waals surface area contributed by atoms with Crippen molar-refractivity contribution in [3.05, 3.63) is 0 Å². The minimum atomic E-state index is -2.77. The van der Waals surface area contributed by atoms with Crippen LogP contribution in [0.4, 0.5) is 0 Å². The zero-order valence-electron chi connectivity index (χ0n) is 10.3. The summed E-state index contributed by atoms with van der Waals surface area (Å²) < 4.78 is 10.2. The highest BCUT2D eigenvalue weighted by Gasteiger charge is 2.37. The Hall–Kier alpha value is -0.953. The molecule has 0 atom stereocenters. The molecule has 7 heteroatoms. The average molecular weight is 278 g/mol. The lowest BCUT2D eigenvalue weighted by molar-refractivity contribution is -0.138. The van der Waals surface area contributed by atoms with Crippen molar-refractivity contribution < 1.29 is 23.5 Å². The van der Waals surface area contributed by atoms with E-state index in [-0.39, 0.29) is 5.05 Å². The van der Waals surface area contributed by atoms with E-state index in [4.69, 9.17) is 14.0 Å². The molecule has 0 rings (SSSR count). The first-order chi connectivity index (χ1) is 7.75. The SMILES string of the molecule is CC(=O)O[Si](C)(CCCCC(O)=S)OC(C)=O. The minimum Gasteiger partial charge on any atom is -0.502 e. The molecule has 0 saturated carbocycles. The topological polar surface area (TPSA) is 72.8 Å². The summed E-state index contributed by atoms with van der Waals surface area (Å²) in [7, 11) is -2.77. The summed E-state index contributed by atoms with van der Waals surface area (Å²) >= 11 is 4.54. The lowest BCUT2D eigenvalue weighted by Gasteiger charge is -2.24. The Morgan fingerprint density at radius 3 is 2.00 bits per heavy atom. The molecule has 0 aromatic rings. The fourth-order valence-corrected chi connectivity index (χ4v) is 3.95. The normalized spacial score (nSPS) is 10.8. The number of thiocarbonyl (C=S) groups is 1. The highest BCUT2D eigenvalue weighted by atomic mass is 32.1. The minimum absolute atomic E-state index is 0.0339. The quantitative estimate of drug-likeness (QED) is 0.437. The monoisotopic (exact) mass is 278 g/mol. The third-order valence-electron chi connectivity index (χ3n) is 1.99. The van der Waals surface area contributed by atoms with E-state index in [0.29, 0.717) is 25.3 Å². The summed E-state index contributed by atoms with van der Waals surface area (Å²) in [5, 5.41) is 8.81. The zero-order chi connectivity index (χ0) is 13.5. The highest BCUT2D eigenvalue weighted by Crippen LogP contribution is 2.18. The van der Waals surface area contributed by atoms with Gasteiger partial charge >= 0.3 is 8.56 Å². The molecule has 0 aromatic heterocycles. The van der Waals surface area contributed by atoms with Gasteiger partial charge in [-0.15, -0.1) is 0 Å². The molecule has 0 bridgehead atoms. The molecular formula is C10H18O5SSi. The average Bonchev–Trinajstić information content (AvgIpc) is 2.09. The molecule has 0 fully saturated rings. The first-order valence-corrected chi connectivity index (χ1v) is 8.29. The summed E-state index contributed by atoms with van der Waals surface area (Å²) in [6.45, 7) is 4.25. The van der Waals surface area contributed by atoms with Crippen LogP contribution in [0, 0.1) is 0 Å². The fraction of sp³-hybridized carbons (Fsp3) is 0.700. The van der Waals surface area contributed by atoms with Gasteiger partial charge in [0.05, 0.1) is 0 Å². The van der Waals surface area contributed by atoms with Gasteiger partial charge < -0.3 is 14.0 Å². The van der Waals surface area contributed by atoms with Crippen molar-refractivity contribution in [2.24, 2.45) is 0 Å². The molecular weight excluding hydrogens is 260 g/mol. The van der Waals surface area contributed by atoms with Crippen LogP contribution in [-0.4, -0.2) is 30.7 Å². The van der Waals surface area contributed by atoms with Gasteiger partial charge in [0.25, 0.3) is 11.9 Å². The lowest BCUT2D eigenvalue weighted by Crippen LogP contribution is -2.41. The molecule has 0 aliphatic carbocycles. The van der Waals surface area contributed by atoms with E-state index in [2.05, 4.69) is 12.2 Å². The Labute approximate surface area is 107 Å². The van der Waals surface area contributed by atoms with Crippen LogP contribution in [0.25, 0.3) is 0 Å². The largest absolute Gasteiger partial charge is 0.502 e. The Morgan fingerprint density at radius 2 is 1.65 bits per heavy atom. The van der Waals surface area contributed by atoms with Crippen molar-refractivity contribution in [2.75, 3.05) is 0 Å². The van der Waals surface area contributed by atoms with Crippen LogP contribution in [-0.2, 0) is 18.4 Å². The van der Waals surface area contributed by atoms with Gasteiger partial charge in [-0.3, -0.25) is 9.59 Å². The first-order valence-electron chi connectivity index (χ1n) is 5.36. The van der Waals surface area contributed by atoms with Crippen molar-refractivity contribution in [3.8, 4) is 0 Å². The smallest absolute Gasteiger partial charge is 0.461 e. The fourth-order valence-electron chi connectivity index (χ4n) is 1.45. The van der Waals surface area contributed by atoms with E-state index in [1.54, 1.807) is 6.55 Å². The lowest BCUT2D eigenvalue weighted by atomic mass is 10.3. The number of aliphatic hydroxyl groups is 1. The van der Waals surface area contributed by atoms with Gasteiger partial charge in [-0.1, -0.05) is 0 Å². The molecule has 98 valence electrons. The summed E-state index contributed by atoms with van der Waals surface area (Å²) in [5.41, 5.74) is 0.